The molecule has 1 aliphatic carbocycles. The second-order valence-corrected chi connectivity index (χ2v) is 9.61. The van der Waals surface area contributed by atoms with Gasteiger partial charge in [0.15, 0.2) is 0 Å². The Morgan fingerprint density at radius 1 is 1.17 bits per heavy atom. The lowest BCUT2D eigenvalue weighted by molar-refractivity contribution is 0.0900. The van der Waals surface area contributed by atoms with E-state index in [2.05, 4.69) is 15.3 Å². The van der Waals surface area contributed by atoms with E-state index < -0.39 is 17.3 Å². The van der Waals surface area contributed by atoms with Crippen molar-refractivity contribution >= 4 is 16.7 Å². The number of aromatic nitrogens is 3. The number of fused-ring (bicyclic) bond motifs is 1. The molecule has 4 aromatic rings. The molecule has 0 aliphatic heterocycles. The third-order valence-electron chi connectivity index (χ3n) is 7.34. The number of pyridine rings is 1. The second-order valence-electron chi connectivity index (χ2n) is 9.61. The summed E-state index contributed by atoms with van der Waals surface area (Å²) in [6.07, 6.45) is 2.89. The number of rotatable bonds is 6. The van der Waals surface area contributed by atoms with Crippen LogP contribution in [0, 0.1) is 38.3 Å². The number of carbonyl (C=O) groups is 1. The average Bonchev–Trinajstić information content (AvgIpc) is 3.11. The van der Waals surface area contributed by atoms with Gasteiger partial charge in [-0.1, -0.05) is 30.7 Å². The van der Waals surface area contributed by atoms with E-state index in [1.165, 1.54) is 28.8 Å². The van der Waals surface area contributed by atoms with E-state index in [4.69, 9.17) is 0 Å². The van der Waals surface area contributed by atoms with Gasteiger partial charge in [0.2, 0.25) is 0 Å². The number of nitrogens with zero attached hydrogens (tertiary/aromatic N) is 2. The number of H-pyrrole nitrogens is 1. The molecule has 0 unspecified atom stereocenters. The van der Waals surface area contributed by atoms with Crippen LogP contribution in [-0.4, -0.2) is 20.4 Å². The summed E-state index contributed by atoms with van der Waals surface area (Å²) >= 11 is 0. The largest absolute Gasteiger partial charge is 0.345 e. The quantitative estimate of drug-likeness (QED) is 0.388. The van der Waals surface area contributed by atoms with Crippen molar-refractivity contribution in [1.82, 2.24) is 19.9 Å². The van der Waals surface area contributed by atoms with Crippen LogP contribution in [0.5, 0.6) is 0 Å². The van der Waals surface area contributed by atoms with Crippen molar-refractivity contribution in [3.63, 3.8) is 0 Å². The van der Waals surface area contributed by atoms with Gasteiger partial charge in [-0.15, -0.1) is 0 Å². The van der Waals surface area contributed by atoms with E-state index in [9.17, 15) is 18.4 Å². The Kier molecular flexibility index (Phi) is 6.20. The maximum absolute atomic E-state index is 15.0. The Morgan fingerprint density at radius 2 is 1.92 bits per heavy atom. The third-order valence-corrected chi connectivity index (χ3v) is 7.34. The average molecular weight is 491 g/mol. The standard InChI is InChI=1S/C28H28F2N4O2/c1-15-16(2)32-23(31-15)14-34-17(3)24(21-11-6-12-22(30)25(21)28(34)36)27(35)33-26(18-7-4-8-18)19-9-5-10-20(29)13-19/h5-6,9-13,18,26H,4,7-8,14H2,1-3H3,(H,31,32)(H,33,35)/t26-/m0/s1. The number of aromatic amines is 1. The minimum absolute atomic E-state index is 0.0693. The molecule has 5 rings (SSSR count). The van der Waals surface area contributed by atoms with E-state index >= 15 is 0 Å². The summed E-state index contributed by atoms with van der Waals surface area (Å²) in [4.78, 5) is 34.8. The van der Waals surface area contributed by atoms with Crippen LogP contribution in [0.3, 0.4) is 0 Å². The third kappa shape index (κ3) is 4.21. The molecule has 186 valence electrons. The Hall–Kier alpha value is -3.81. The molecule has 1 aliphatic rings. The Bertz CT molecular complexity index is 1520. The van der Waals surface area contributed by atoms with E-state index in [1.54, 1.807) is 25.1 Å². The zero-order valence-electron chi connectivity index (χ0n) is 20.5. The zero-order chi connectivity index (χ0) is 25.6. The Morgan fingerprint density at radius 3 is 2.56 bits per heavy atom. The highest BCUT2D eigenvalue weighted by molar-refractivity contribution is 6.08. The number of nitrogens with one attached hydrogen (secondary N) is 2. The van der Waals surface area contributed by atoms with Crippen molar-refractivity contribution in [3.8, 4) is 0 Å². The number of halogens is 2. The normalized spacial score (nSPS) is 14.6. The Balaban J connectivity index is 1.62. The minimum atomic E-state index is -0.687. The highest BCUT2D eigenvalue weighted by Gasteiger charge is 2.32. The molecule has 0 saturated heterocycles. The molecular formula is C28H28F2N4O2. The van der Waals surface area contributed by atoms with Crippen molar-refractivity contribution in [2.75, 3.05) is 0 Å². The number of imidazole rings is 1. The number of hydrogen-bond acceptors (Lipinski definition) is 3. The molecule has 1 amide bonds. The van der Waals surface area contributed by atoms with Crippen molar-refractivity contribution in [1.29, 1.82) is 0 Å². The highest BCUT2D eigenvalue weighted by atomic mass is 19.1. The zero-order valence-corrected chi connectivity index (χ0v) is 20.5. The fourth-order valence-electron chi connectivity index (χ4n) is 5.05. The molecule has 36 heavy (non-hydrogen) atoms. The van der Waals surface area contributed by atoms with Crippen LogP contribution in [0.1, 0.15) is 64.1 Å². The van der Waals surface area contributed by atoms with Gasteiger partial charge in [0, 0.05) is 16.8 Å². The molecule has 2 aromatic carbocycles. The minimum Gasteiger partial charge on any atom is -0.345 e. The van der Waals surface area contributed by atoms with Gasteiger partial charge in [-0.05, 0) is 63.3 Å². The first-order valence-corrected chi connectivity index (χ1v) is 12.1. The molecule has 1 saturated carbocycles. The van der Waals surface area contributed by atoms with Crippen LogP contribution in [0.2, 0.25) is 0 Å². The summed E-state index contributed by atoms with van der Waals surface area (Å²) in [6.45, 7) is 5.49. The van der Waals surface area contributed by atoms with Crippen molar-refractivity contribution in [2.45, 2.75) is 52.6 Å². The number of aryl methyl sites for hydroxylation is 2. The molecule has 0 radical (unpaired) electrons. The predicted octanol–water partition coefficient (Wildman–Crippen LogP) is 5.25. The lowest BCUT2D eigenvalue weighted by Gasteiger charge is -2.35. The molecule has 1 fully saturated rings. The van der Waals surface area contributed by atoms with E-state index in [0.717, 1.165) is 30.7 Å². The molecule has 1 atom stereocenters. The van der Waals surface area contributed by atoms with Crippen LogP contribution < -0.4 is 10.9 Å². The van der Waals surface area contributed by atoms with Crippen LogP contribution in [0.25, 0.3) is 10.8 Å². The van der Waals surface area contributed by atoms with Crippen LogP contribution >= 0.6 is 0 Å². The van der Waals surface area contributed by atoms with Crippen LogP contribution in [-0.2, 0) is 6.54 Å². The fraction of sp³-hybridized carbons (Fsp3) is 0.321. The molecule has 6 nitrogen and oxygen atoms in total. The number of hydrogen-bond donors (Lipinski definition) is 2. The summed E-state index contributed by atoms with van der Waals surface area (Å²) in [5.41, 5.74) is 2.48. The molecular weight excluding hydrogens is 462 g/mol. The van der Waals surface area contributed by atoms with Gasteiger partial charge in [0.1, 0.15) is 17.5 Å². The molecule has 2 N–H and O–H groups in total. The Labute approximate surface area is 207 Å². The fourth-order valence-corrected chi connectivity index (χ4v) is 5.05. The maximum atomic E-state index is 15.0. The number of carbonyl (C=O) groups excluding carboxylic acids is 1. The predicted molar refractivity (Wildman–Crippen MR) is 134 cm³/mol. The van der Waals surface area contributed by atoms with Crippen LogP contribution in [0.4, 0.5) is 8.78 Å². The molecule has 8 heteroatoms. The van der Waals surface area contributed by atoms with Crippen molar-refractivity contribution in [3.05, 3.63) is 98.5 Å². The summed E-state index contributed by atoms with van der Waals surface area (Å²) < 4.78 is 30.4. The smallest absolute Gasteiger partial charge is 0.262 e. The highest BCUT2D eigenvalue weighted by Crippen LogP contribution is 2.38. The molecule has 2 heterocycles. The van der Waals surface area contributed by atoms with Gasteiger partial charge in [-0.3, -0.25) is 9.59 Å². The van der Waals surface area contributed by atoms with Gasteiger partial charge >= 0.3 is 0 Å². The monoisotopic (exact) mass is 490 g/mol. The van der Waals surface area contributed by atoms with Gasteiger partial charge in [0.25, 0.3) is 11.5 Å². The first-order chi connectivity index (χ1) is 17.2. The van der Waals surface area contributed by atoms with Gasteiger partial charge < -0.3 is 14.9 Å². The van der Waals surface area contributed by atoms with Gasteiger partial charge in [0.05, 0.1) is 29.2 Å². The summed E-state index contributed by atoms with van der Waals surface area (Å²) in [5.74, 6) is -0.756. The topological polar surface area (TPSA) is 79.8 Å². The van der Waals surface area contributed by atoms with Crippen molar-refractivity contribution < 1.29 is 13.6 Å². The van der Waals surface area contributed by atoms with Gasteiger partial charge in [-0.2, -0.15) is 0 Å². The van der Waals surface area contributed by atoms with E-state index in [0.29, 0.717) is 17.1 Å². The van der Waals surface area contributed by atoms with E-state index in [-0.39, 0.29) is 40.7 Å². The summed E-state index contributed by atoms with van der Waals surface area (Å²) in [5, 5.41) is 3.20. The lowest BCUT2D eigenvalue weighted by atomic mass is 9.77. The molecule has 0 spiro atoms. The maximum Gasteiger partial charge on any atom is 0.262 e. The summed E-state index contributed by atoms with van der Waals surface area (Å²) in [6, 6.07) is 10.2. The first kappa shape index (κ1) is 23.9. The molecule has 2 aromatic heterocycles. The SMILES string of the molecule is Cc1nc(Cn2c(C)c(C(=O)N[C@H](c3cccc(F)c3)C3CCC3)c3cccc(F)c3c2=O)[nH]c1C. The number of amides is 1. The summed E-state index contributed by atoms with van der Waals surface area (Å²) in [7, 11) is 0. The lowest BCUT2D eigenvalue weighted by Crippen LogP contribution is -2.38. The van der Waals surface area contributed by atoms with E-state index in [1.807, 2.05) is 13.8 Å². The number of benzene rings is 2. The van der Waals surface area contributed by atoms with Crippen molar-refractivity contribution in [2.24, 2.45) is 5.92 Å². The van der Waals surface area contributed by atoms with Gasteiger partial charge in [-0.25, -0.2) is 13.8 Å². The first-order valence-electron chi connectivity index (χ1n) is 12.1. The molecule has 0 bridgehead atoms. The second kappa shape index (κ2) is 9.33. The van der Waals surface area contributed by atoms with Crippen LogP contribution in [0.15, 0.2) is 47.3 Å².